The molecule has 0 bridgehead atoms. The van der Waals surface area contributed by atoms with Gasteiger partial charge in [0.2, 0.25) is 5.91 Å². The van der Waals surface area contributed by atoms with Crippen LogP contribution in [0.3, 0.4) is 0 Å². The van der Waals surface area contributed by atoms with Crippen LogP contribution in [-0.2, 0) is 14.6 Å². The SMILES string of the molecule is CC(C(=O)Nc1ccccc1S(C)(=O)=O)C1CNC1. The Morgan fingerprint density at radius 1 is 1.37 bits per heavy atom. The van der Waals surface area contributed by atoms with Gasteiger partial charge >= 0.3 is 0 Å². The lowest BCUT2D eigenvalue weighted by Crippen LogP contribution is -2.48. The summed E-state index contributed by atoms with van der Waals surface area (Å²) in [4.78, 5) is 12.2. The van der Waals surface area contributed by atoms with Crippen molar-refractivity contribution in [3.63, 3.8) is 0 Å². The molecule has 0 saturated carbocycles. The lowest BCUT2D eigenvalue weighted by atomic mass is 9.88. The second kappa shape index (κ2) is 5.30. The Balaban J connectivity index is 2.17. The van der Waals surface area contributed by atoms with E-state index in [0.717, 1.165) is 19.3 Å². The Morgan fingerprint density at radius 3 is 2.53 bits per heavy atom. The van der Waals surface area contributed by atoms with Crippen molar-refractivity contribution in [1.29, 1.82) is 0 Å². The Morgan fingerprint density at radius 2 is 2.00 bits per heavy atom. The van der Waals surface area contributed by atoms with E-state index < -0.39 is 9.84 Å². The molecule has 104 valence electrons. The highest BCUT2D eigenvalue weighted by atomic mass is 32.2. The third-order valence-corrected chi connectivity index (χ3v) is 4.63. The van der Waals surface area contributed by atoms with E-state index in [-0.39, 0.29) is 16.7 Å². The van der Waals surface area contributed by atoms with Gasteiger partial charge in [0.05, 0.1) is 10.6 Å². The first-order valence-electron chi connectivity index (χ1n) is 6.20. The van der Waals surface area contributed by atoms with Gasteiger partial charge in [-0.15, -0.1) is 0 Å². The number of nitrogens with one attached hydrogen (secondary N) is 2. The van der Waals surface area contributed by atoms with E-state index in [0.29, 0.717) is 11.6 Å². The summed E-state index contributed by atoms with van der Waals surface area (Å²) in [6.45, 7) is 3.54. The molecule has 1 atom stereocenters. The molecule has 0 aliphatic carbocycles. The first kappa shape index (κ1) is 14.0. The summed E-state index contributed by atoms with van der Waals surface area (Å²) in [5.74, 6) is 0.0573. The minimum atomic E-state index is -3.34. The monoisotopic (exact) mass is 282 g/mol. The van der Waals surface area contributed by atoms with Crippen molar-refractivity contribution >= 4 is 21.4 Å². The molecule has 6 heteroatoms. The van der Waals surface area contributed by atoms with Crippen LogP contribution < -0.4 is 10.6 Å². The summed E-state index contributed by atoms with van der Waals surface area (Å²) in [6.07, 6.45) is 1.14. The Bertz CT molecular complexity index is 579. The number of benzene rings is 1. The highest BCUT2D eigenvalue weighted by Gasteiger charge is 2.29. The van der Waals surface area contributed by atoms with Crippen molar-refractivity contribution in [3.05, 3.63) is 24.3 Å². The molecule has 1 aliphatic rings. The second-order valence-electron chi connectivity index (χ2n) is 4.96. The summed E-state index contributed by atoms with van der Waals surface area (Å²) in [6, 6.07) is 6.46. The number of anilines is 1. The fourth-order valence-electron chi connectivity index (χ4n) is 2.02. The van der Waals surface area contributed by atoms with Crippen LogP contribution in [0.15, 0.2) is 29.2 Å². The van der Waals surface area contributed by atoms with Crippen molar-refractivity contribution < 1.29 is 13.2 Å². The van der Waals surface area contributed by atoms with Crippen LogP contribution in [0.4, 0.5) is 5.69 Å². The van der Waals surface area contributed by atoms with Crippen LogP contribution in [0.5, 0.6) is 0 Å². The minimum Gasteiger partial charge on any atom is -0.325 e. The van der Waals surface area contributed by atoms with Gasteiger partial charge < -0.3 is 10.6 Å². The van der Waals surface area contributed by atoms with Gasteiger partial charge in [0.25, 0.3) is 0 Å². The summed E-state index contributed by atoms with van der Waals surface area (Å²) < 4.78 is 23.3. The van der Waals surface area contributed by atoms with E-state index in [2.05, 4.69) is 10.6 Å². The number of amides is 1. The number of para-hydroxylation sites is 1. The third-order valence-electron chi connectivity index (χ3n) is 3.48. The van der Waals surface area contributed by atoms with Crippen LogP contribution in [0.25, 0.3) is 0 Å². The van der Waals surface area contributed by atoms with E-state index in [1.54, 1.807) is 18.2 Å². The Labute approximate surface area is 113 Å². The molecule has 2 rings (SSSR count). The third kappa shape index (κ3) is 3.13. The Kier molecular flexibility index (Phi) is 3.91. The van der Waals surface area contributed by atoms with Crippen molar-refractivity contribution in [3.8, 4) is 0 Å². The van der Waals surface area contributed by atoms with Crippen molar-refractivity contribution in [2.45, 2.75) is 11.8 Å². The van der Waals surface area contributed by atoms with Crippen LogP contribution in [0.1, 0.15) is 6.92 Å². The molecule has 2 N–H and O–H groups in total. The smallest absolute Gasteiger partial charge is 0.227 e. The molecule has 1 fully saturated rings. The molecule has 1 heterocycles. The van der Waals surface area contributed by atoms with Gasteiger partial charge in [-0.2, -0.15) is 0 Å². The molecule has 1 aliphatic heterocycles. The maximum atomic E-state index is 12.1. The number of hydrogen-bond donors (Lipinski definition) is 2. The van der Waals surface area contributed by atoms with Gasteiger partial charge in [-0.1, -0.05) is 19.1 Å². The summed E-state index contributed by atoms with van der Waals surface area (Å²) in [7, 11) is -3.34. The van der Waals surface area contributed by atoms with Gasteiger partial charge in [-0.05, 0) is 31.1 Å². The predicted molar refractivity (Wildman–Crippen MR) is 73.7 cm³/mol. The van der Waals surface area contributed by atoms with Gasteiger partial charge in [-0.25, -0.2) is 8.42 Å². The molecule has 1 amide bonds. The molecular weight excluding hydrogens is 264 g/mol. The zero-order valence-electron chi connectivity index (χ0n) is 11.0. The van der Waals surface area contributed by atoms with Gasteiger partial charge in [0.1, 0.15) is 0 Å². The van der Waals surface area contributed by atoms with Crippen molar-refractivity contribution in [1.82, 2.24) is 5.32 Å². The van der Waals surface area contributed by atoms with E-state index in [4.69, 9.17) is 0 Å². The molecule has 1 unspecified atom stereocenters. The maximum absolute atomic E-state index is 12.1. The lowest BCUT2D eigenvalue weighted by molar-refractivity contribution is -0.121. The molecule has 1 saturated heterocycles. The molecule has 5 nitrogen and oxygen atoms in total. The zero-order valence-corrected chi connectivity index (χ0v) is 11.8. The molecule has 1 aromatic carbocycles. The average Bonchev–Trinajstić information content (AvgIpc) is 2.25. The fraction of sp³-hybridized carbons (Fsp3) is 0.462. The van der Waals surface area contributed by atoms with E-state index in [9.17, 15) is 13.2 Å². The Hall–Kier alpha value is -1.40. The van der Waals surface area contributed by atoms with Gasteiger partial charge in [0, 0.05) is 12.2 Å². The standard InChI is InChI=1S/C13H18N2O3S/c1-9(10-7-14-8-10)13(16)15-11-5-3-4-6-12(11)19(2,17)18/h3-6,9-10,14H,7-8H2,1-2H3,(H,15,16). The highest BCUT2D eigenvalue weighted by molar-refractivity contribution is 7.90. The van der Waals surface area contributed by atoms with E-state index >= 15 is 0 Å². The normalized spacial score (nSPS) is 17.6. The van der Waals surface area contributed by atoms with Crippen LogP contribution >= 0.6 is 0 Å². The fourth-order valence-corrected chi connectivity index (χ4v) is 2.86. The van der Waals surface area contributed by atoms with Gasteiger partial charge in [-0.3, -0.25) is 4.79 Å². The molecular formula is C13H18N2O3S. The highest BCUT2D eigenvalue weighted by Crippen LogP contribution is 2.23. The predicted octanol–water partition coefficient (Wildman–Crippen LogP) is 0.884. The van der Waals surface area contributed by atoms with E-state index in [1.807, 2.05) is 6.92 Å². The lowest BCUT2D eigenvalue weighted by Gasteiger charge is -2.31. The summed E-state index contributed by atoms with van der Waals surface area (Å²) in [5.41, 5.74) is 0.356. The molecule has 0 radical (unpaired) electrons. The molecule has 19 heavy (non-hydrogen) atoms. The summed E-state index contributed by atoms with van der Waals surface area (Å²) in [5, 5.41) is 5.84. The molecule has 0 aromatic heterocycles. The topological polar surface area (TPSA) is 75.3 Å². The minimum absolute atomic E-state index is 0.131. The number of hydrogen-bond acceptors (Lipinski definition) is 4. The zero-order chi connectivity index (χ0) is 14.0. The van der Waals surface area contributed by atoms with E-state index in [1.165, 1.54) is 6.07 Å². The number of carbonyl (C=O) groups is 1. The first-order valence-corrected chi connectivity index (χ1v) is 8.09. The van der Waals surface area contributed by atoms with Crippen molar-refractivity contribution in [2.75, 3.05) is 24.7 Å². The number of carbonyl (C=O) groups excluding carboxylic acids is 1. The number of rotatable bonds is 4. The van der Waals surface area contributed by atoms with Crippen LogP contribution in [0, 0.1) is 11.8 Å². The quantitative estimate of drug-likeness (QED) is 0.860. The molecule has 0 spiro atoms. The van der Waals surface area contributed by atoms with Gasteiger partial charge in [0.15, 0.2) is 9.84 Å². The van der Waals surface area contributed by atoms with Crippen molar-refractivity contribution in [2.24, 2.45) is 11.8 Å². The first-order chi connectivity index (χ1) is 8.89. The second-order valence-corrected chi connectivity index (χ2v) is 6.95. The van der Waals surface area contributed by atoms with Crippen LogP contribution in [-0.4, -0.2) is 33.7 Å². The average molecular weight is 282 g/mol. The molecule has 1 aromatic rings. The van der Waals surface area contributed by atoms with Crippen LogP contribution in [0.2, 0.25) is 0 Å². The number of sulfone groups is 1. The maximum Gasteiger partial charge on any atom is 0.227 e. The summed E-state index contributed by atoms with van der Waals surface area (Å²) >= 11 is 0. The largest absolute Gasteiger partial charge is 0.325 e.